The maximum Gasteiger partial charge on any atom is 0.126 e. The quantitative estimate of drug-likeness (QED) is 0.562. The van der Waals surface area contributed by atoms with E-state index in [0.29, 0.717) is 0 Å². The van der Waals surface area contributed by atoms with Crippen LogP contribution in [0.2, 0.25) is 0 Å². The topological polar surface area (TPSA) is 29.1 Å². The fourth-order valence-corrected chi connectivity index (χ4v) is 3.23. The fraction of sp³-hybridized carbons (Fsp3) is 0.333. The zero-order valence-corrected chi connectivity index (χ0v) is 15.2. The van der Waals surface area contributed by atoms with Crippen LogP contribution in [-0.2, 0) is 11.0 Å². The Morgan fingerprint density at radius 1 is 1.04 bits per heavy atom. The molecule has 2 atom stereocenters. The van der Waals surface area contributed by atoms with Crippen LogP contribution in [-0.4, -0.2) is 4.21 Å². The van der Waals surface area contributed by atoms with Crippen molar-refractivity contribution in [3.8, 4) is 11.8 Å². The molecule has 2 aromatic rings. The van der Waals surface area contributed by atoms with E-state index in [1.807, 2.05) is 61.5 Å². The molecular weight excluding hydrogens is 314 g/mol. The van der Waals surface area contributed by atoms with Gasteiger partial charge in [0.1, 0.15) is 17.0 Å². The van der Waals surface area contributed by atoms with Crippen LogP contribution in [0.3, 0.4) is 0 Å². The highest BCUT2D eigenvalue weighted by Crippen LogP contribution is 2.15. The zero-order chi connectivity index (χ0) is 17.2. The zero-order valence-electron chi connectivity index (χ0n) is 14.4. The van der Waals surface area contributed by atoms with Gasteiger partial charge in [0.2, 0.25) is 0 Å². The predicted molar refractivity (Wildman–Crippen MR) is 102 cm³/mol. The fourth-order valence-electron chi connectivity index (χ4n) is 2.30. The molecule has 0 amide bonds. The highest BCUT2D eigenvalue weighted by Gasteiger charge is 2.12. The molecule has 0 saturated carbocycles. The summed E-state index contributed by atoms with van der Waals surface area (Å²) >= 11 is 0. The first-order chi connectivity index (χ1) is 11.7. The van der Waals surface area contributed by atoms with Crippen molar-refractivity contribution >= 4 is 11.0 Å². The molecule has 126 valence electrons. The predicted octanol–water partition coefficient (Wildman–Crippen LogP) is 4.93. The lowest BCUT2D eigenvalue weighted by Gasteiger charge is -2.13. The summed E-state index contributed by atoms with van der Waals surface area (Å²) in [6, 6.07) is 17.5. The van der Waals surface area contributed by atoms with E-state index in [0.717, 1.165) is 28.9 Å². The SMILES string of the molecule is CCCCCC#C[C@H](N[S@@](=O)c1ccc(C)cc1)c1ccccc1. The van der Waals surface area contributed by atoms with E-state index in [2.05, 4.69) is 23.5 Å². The Labute approximate surface area is 148 Å². The van der Waals surface area contributed by atoms with Gasteiger partial charge in [0.25, 0.3) is 0 Å². The first kappa shape index (κ1) is 18.4. The van der Waals surface area contributed by atoms with Crippen LogP contribution in [0.4, 0.5) is 0 Å². The van der Waals surface area contributed by atoms with Gasteiger partial charge in [0.05, 0.1) is 4.90 Å². The maximum absolute atomic E-state index is 12.6. The number of benzene rings is 2. The second-order valence-electron chi connectivity index (χ2n) is 5.82. The lowest BCUT2D eigenvalue weighted by atomic mass is 10.1. The molecule has 1 N–H and O–H groups in total. The minimum Gasteiger partial charge on any atom is -0.237 e. The Morgan fingerprint density at radius 3 is 2.42 bits per heavy atom. The van der Waals surface area contributed by atoms with Crippen molar-refractivity contribution in [3.63, 3.8) is 0 Å². The molecule has 3 heteroatoms. The van der Waals surface area contributed by atoms with Crippen LogP contribution in [0, 0.1) is 18.8 Å². The second-order valence-corrected chi connectivity index (χ2v) is 7.07. The molecule has 0 saturated heterocycles. The number of unbranched alkanes of at least 4 members (excludes halogenated alkanes) is 3. The number of hydrogen-bond acceptors (Lipinski definition) is 1. The van der Waals surface area contributed by atoms with E-state index < -0.39 is 11.0 Å². The largest absolute Gasteiger partial charge is 0.237 e. The first-order valence-electron chi connectivity index (χ1n) is 8.48. The monoisotopic (exact) mass is 339 g/mol. The Bertz CT molecular complexity index is 698. The summed E-state index contributed by atoms with van der Waals surface area (Å²) in [7, 11) is -1.28. The molecule has 0 aliphatic carbocycles. The van der Waals surface area contributed by atoms with Crippen molar-refractivity contribution in [1.29, 1.82) is 0 Å². The third-order valence-corrected chi connectivity index (χ3v) is 4.89. The van der Waals surface area contributed by atoms with Crippen molar-refractivity contribution in [2.24, 2.45) is 0 Å². The van der Waals surface area contributed by atoms with Crippen LogP contribution in [0.25, 0.3) is 0 Å². The van der Waals surface area contributed by atoms with Gasteiger partial charge >= 0.3 is 0 Å². The highest BCUT2D eigenvalue weighted by atomic mass is 32.2. The highest BCUT2D eigenvalue weighted by molar-refractivity contribution is 7.83. The number of nitrogens with one attached hydrogen (secondary N) is 1. The Kier molecular flexibility index (Phi) is 7.74. The van der Waals surface area contributed by atoms with Gasteiger partial charge in [-0.1, -0.05) is 73.7 Å². The van der Waals surface area contributed by atoms with Crippen LogP contribution >= 0.6 is 0 Å². The molecule has 0 aliphatic rings. The second kappa shape index (κ2) is 10.1. The molecule has 24 heavy (non-hydrogen) atoms. The Balaban J connectivity index is 2.10. The third kappa shape index (κ3) is 5.96. The molecule has 0 bridgehead atoms. The van der Waals surface area contributed by atoms with Crippen molar-refractivity contribution < 1.29 is 4.21 Å². The summed E-state index contributed by atoms with van der Waals surface area (Å²) in [6.45, 7) is 4.21. The van der Waals surface area contributed by atoms with Gasteiger partial charge in [0.15, 0.2) is 0 Å². The molecule has 2 rings (SSSR count). The van der Waals surface area contributed by atoms with Crippen LogP contribution in [0.5, 0.6) is 0 Å². The lowest BCUT2D eigenvalue weighted by molar-refractivity contribution is 0.665. The van der Waals surface area contributed by atoms with E-state index in [1.165, 1.54) is 12.8 Å². The summed E-state index contributed by atoms with van der Waals surface area (Å²) in [5, 5.41) is 0. The summed E-state index contributed by atoms with van der Waals surface area (Å²) in [5.41, 5.74) is 2.20. The van der Waals surface area contributed by atoms with E-state index >= 15 is 0 Å². The van der Waals surface area contributed by atoms with E-state index in [-0.39, 0.29) is 6.04 Å². The first-order valence-corrected chi connectivity index (χ1v) is 9.63. The number of aryl methyl sites for hydroxylation is 1. The molecule has 0 unspecified atom stereocenters. The van der Waals surface area contributed by atoms with Crippen LogP contribution in [0.1, 0.15) is 49.8 Å². The number of rotatable bonds is 7. The molecule has 0 aliphatic heterocycles. The van der Waals surface area contributed by atoms with E-state index in [1.54, 1.807) is 0 Å². The molecular formula is C21H25NOS. The molecule has 0 heterocycles. The smallest absolute Gasteiger partial charge is 0.126 e. The van der Waals surface area contributed by atoms with Gasteiger partial charge in [-0.25, -0.2) is 8.93 Å². The van der Waals surface area contributed by atoms with E-state index in [9.17, 15) is 4.21 Å². The van der Waals surface area contributed by atoms with Gasteiger partial charge in [-0.15, -0.1) is 5.92 Å². The van der Waals surface area contributed by atoms with Crippen molar-refractivity contribution in [2.75, 3.05) is 0 Å². The summed E-state index contributed by atoms with van der Waals surface area (Å²) < 4.78 is 15.8. The van der Waals surface area contributed by atoms with E-state index in [4.69, 9.17) is 0 Å². The lowest BCUT2D eigenvalue weighted by Crippen LogP contribution is -2.22. The number of hydrogen-bond donors (Lipinski definition) is 1. The van der Waals surface area contributed by atoms with Gasteiger partial charge in [0, 0.05) is 6.42 Å². The molecule has 0 spiro atoms. The van der Waals surface area contributed by atoms with Gasteiger partial charge < -0.3 is 0 Å². The molecule has 2 aromatic carbocycles. The maximum atomic E-state index is 12.6. The third-order valence-electron chi connectivity index (χ3n) is 3.74. The van der Waals surface area contributed by atoms with Crippen LogP contribution < -0.4 is 4.72 Å². The van der Waals surface area contributed by atoms with Gasteiger partial charge in [-0.3, -0.25) is 0 Å². The molecule has 2 nitrogen and oxygen atoms in total. The summed E-state index contributed by atoms with van der Waals surface area (Å²) in [5.74, 6) is 6.49. The van der Waals surface area contributed by atoms with Gasteiger partial charge in [-0.2, -0.15) is 0 Å². The standard InChI is InChI=1S/C21H25NOS/c1-3-4-5-6-10-13-21(19-11-8-7-9-12-19)22-24(23)20-16-14-18(2)15-17-20/h7-9,11-12,14-17,21-22H,3-6H2,1-2H3/t21-,24-/m0/s1. The average molecular weight is 340 g/mol. The van der Waals surface area contributed by atoms with Crippen molar-refractivity contribution in [1.82, 2.24) is 4.72 Å². The molecule has 0 aromatic heterocycles. The summed E-state index contributed by atoms with van der Waals surface area (Å²) in [6.07, 6.45) is 4.40. The summed E-state index contributed by atoms with van der Waals surface area (Å²) in [4.78, 5) is 0.773. The van der Waals surface area contributed by atoms with Crippen LogP contribution in [0.15, 0.2) is 59.5 Å². The normalized spacial score (nSPS) is 12.9. The van der Waals surface area contributed by atoms with Gasteiger partial charge in [-0.05, 0) is 31.0 Å². The average Bonchev–Trinajstić information content (AvgIpc) is 2.61. The Morgan fingerprint density at radius 2 is 1.75 bits per heavy atom. The van der Waals surface area contributed by atoms with Crippen molar-refractivity contribution in [3.05, 3.63) is 65.7 Å². The minimum atomic E-state index is -1.28. The molecule has 0 radical (unpaired) electrons. The minimum absolute atomic E-state index is 0.227. The Hall–Kier alpha value is -1.89. The molecule has 0 fully saturated rings. The van der Waals surface area contributed by atoms with Crippen molar-refractivity contribution in [2.45, 2.75) is 50.5 Å².